The number of fused-ring (bicyclic) bond motifs is 1. The molecule has 7 heteroatoms. The fourth-order valence-electron chi connectivity index (χ4n) is 4.64. The number of hydrogen-bond donors (Lipinski definition) is 1. The number of carbonyl (C=O) groups is 2. The Hall–Kier alpha value is -3.11. The molecule has 2 amide bonds. The topological polar surface area (TPSA) is 87.4 Å². The van der Waals surface area contributed by atoms with Crippen LogP contribution in [-0.2, 0) is 20.9 Å². The third kappa shape index (κ3) is 4.86. The summed E-state index contributed by atoms with van der Waals surface area (Å²) in [7, 11) is 0. The van der Waals surface area contributed by atoms with Crippen LogP contribution >= 0.6 is 0 Å². The van der Waals surface area contributed by atoms with Gasteiger partial charge in [0, 0.05) is 48.4 Å². The monoisotopic (exact) mass is 434 g/mol. The van der Waals surface area contributed by atoms with E-state index in [4.69, 9.17) is 4.74 Å². The van der Waals surface area contributed by atoms with Gasteiger partial charge in [-0.25, -0.2) is 0 Å². The number of carbonyl (C=O) groups excluding carboxylic acids is 2. The molecular formula is C25H30N4O3. The number of aromatic nitrogens is 1. The lowest BCUT2D eigenvalue weighted by atomic mass is 10.0. The number of hydrogen-bond acceptors (Lipinski definition) is 4. The molecule has 7 nitrogen and oxygen atoms in total. The van der Waals surface area contributed by atoms with Gasteiger partial charge in [0.2, 0.25) is 5.91 Å². The molecule has 2 atom stereocenters. The number of nitrogens with one attached hydrogen (secondary N) is 1. The van der Waals surface area contributed by atoms with E-state index in [1.807, 2.05) is 46.0 Å². The van der Waals surface area contributed by atoms with Crippen LogP contribution in [0.4, 0.5) is 0 Å². The molecule has 2 aliphatic heterocycles. The second-order valence-electron chi connectivity index (χ2n) is 8.68. The molecule has 1 aromatic heterocycles. The summed E-state index contributed by atoms with van der Waals surface area (Å²) in [5.41, 5.74) is 1.71. The molecule has 2 fully saturated rings. The molecule has 1 N–H and O–H groups in total. The van der Waals surface area contributed by atoms with Crippen molar-refractivity contribution in [2.45, 2.75) is 57.7 Å². The van der Waals surface area contributed by atoms with Gasteiger partial charge in [0.05, 0.1) is 6.10 Å². The van der Waals surface area contributed by atoms with E-state index in [0.717, 1.165) is 61.7 Å². The average molecular weight is 435 g/mol. The van der Waals surface area contributed by atoms with Gasteiger partial charge in [-0.2, -0.15) is 5.26 Å². The molecule has 4 rings (SSSR count). The summed E-state index contributed by atoms with van der Waals surface area (Å²) in [4.78, 5) is 27.5. The van der Waals surface area contributed by atoms with Crippen molar-refractivity contribution in [2.75, 3.05) is 19.7 Å². The summed E-state index contributed by atoms with van der Waals surface area (Å²) in [5, 5.41) is 13.3. The molecule has 2 saturated heterocycles. The number of rotatable bonds is 6. The first-order valence-electron chi connectivity index (χ1n) is 11.5. The number of nitrogens with zero attached hydrogens (tertiary/aromatic N) is 3. The molecule has 0 bridgehead atoms. The maximum atomic E-state index is 13.0. The molecular weight excluding hydrogens is 404 g/mol. The first-order chi connectivity index (χ1) is 15.6. The SMILES string of the molecule is C[C@H]1CCCCN1C(=O)Cn1cc(/C=C(\C#N)C(=O)NC[C@@H]2CCCO2)c2ccccc21. The molecule has 168 valence electrons. The van der Waals surface area contributed by atoms with Gasteiger partial charge in [-0.15, -0.1) is 0 Å². The van der Waals surface area contributed by atoms with Gasteiger partial charge < -0.3 is 19.5 Å². The van der Waals surface area contributed by atoms with E-state index in [1.165, 1.54) is 0 Å². The normalized spacial score (nSPS) is 21.5. The highest BCUT2D eigenvalue weighted by atomic mass is 16.5. The number of piperidine rings is 1. The van der Waals surface area contributed by atoms with Crippen LogP contribution in [0.5, 0.6) is 0 Å². The lowest BCUT2D eigenvalue weighted by Gasteiger charge is -2.33. The van der Waals surface area contributed by atoms with Crippen molar-refractivity contribution >= 4 is 28.8 Å². The van der Waals surface area contributed by atoms with Gasteiger partial charge >= 0.3 is 0 Å². The Morgan fingerprint density at radius 2 is 2.09 bits per heavy atom. The molecule has 0 spiro atoms. The van der Waals surface area contributed by atoms with Gasteiger partial charge in [0.15, 0.2) is 0 Å². The van der Waals surface area contributed by atoms with E-state index in [-0.39, 0.29) is 30.2 Å². The zero-order valence-electron chi connectivity index (χ0n) is 18.5. The number of likely N-dealkylation sites (tertiary alicyclic amines) is 1. The molecule has 32 heavy (non-hydrogen) atoms. The van der Waals surface area contributed by atoms with Crippen molar-refractivity contribution in [3.05, 3.63) is 41.6 Å². The number of para-hydroxylation sites is 1. The van der Waals surface area contributed by atoms with Crippen LogP contribution in [0.1, 0.15) is 44.6 Å². The van der Waals surface area contributed by atoms with Crippen LogP contribution in [-0.4, -0.2) is 53.1 Å². The van der Waals surface area contributed by atoms with E-state index in [9.17, 15) is 14.9 Å². The fourth-order valence-corrected chi connectivity index (χ4v) is 4.64. The lowest BCUT2D eigenvalue weighted by molar-refractivity contribution is -0.135. The Morgan fingerprint density at radius 3 is 2.84 bits per heavy atom. The highest BCUT2D eigenvalue weighted by molar-refractivity contribution is 6.04. The smallest absolute Gasteiger partial charge is 0.262 e. The third-order valence-electron chi connectivity index (χ3n) is 6.43. The summed E-state index contributed by atoms with van der Waals surface area (Å²) in [6, 6.07) is 10.0. The predicted octanol–water partition coefficient (Wildman–Crippen LogP) is 3.24. The summed E-state index contributed by atoms with van der Waals surface area (Å²) < 4.78 is 7.45. The van der Waals surface area contributed by atoms with E-state index in [0.29, 0.717) is 6.54 Å². The van der Waals surface area contributed by atoms with Crippen molar-refractivity contribution < 1.29 is 14.3 Å². The zero-order chi connectivity index (χ0) is 22.5. The van der Waals surface area contributed by atoms with E-state index in [1.54, 1.807) is 6.08 Å². The van der Waals surface area contributed by atoms with Gasteiger partial charge in [-0.1, -0.05) is 18.2 Å². The molecule has 0 unspecified atom stereocenters. The van der Waals surface area contributed by atoms with Gasteiger partial charge in [0.1, 0.15) is 18.2 Å². The number of nitriles is 1. The average Bonchev–Trinajstić information content (AvgIpc) is 3.44. The molecule has 0 aliphatic carbocycles. The summed E-state index contributed by atoms with van der Waals surface area (Å²) in [5.74, 6) is -0.304. The van der Waals surface area contributed by atoms with Crippen molar-refractivity contribution in [1.82, 2.24) is 14.8 Å². The maximum Gasteiger partial charge on any atom is 0.262 e. The lowest BCUT2D eigenvalue weighted by Crippen LogP contribution is -2.43. The van der Waals surface area contributed by atoms with Crippen LogP contribution in [0.3, 0.4) is 0 Å². The quantitative estimate of drug-likeness (QED) is 0.559. The first kappa shape index (κ1) is 22.1. The second-order valence-corrected chi connectivity index (χ2v) is 8.68. The Morgan fingerprint density at radius 1 is 1.25 bits per heavy atom. The highest BCUT2D eigenvalue weighted by Crippen LogP contribution is 2.25. The Bertz CT molecular complexity index is 1060. The van der Waals surface area contributed by atoms with Gasteiger partial charge in [-0.3, -0.25) is 9.59 Å². The Kier molecular flexibility index (Phi) is 6.91. The largest absolute Gasteiger partial charge is 0.376 e. The van der Waals surface area contributed by atoms with Crippen LogP contribution in [0.25, 0.3) is 17.0 Å². The maximum absolute atomic E-state index is 13.0. The zero-order valence-corrected chi connectivity index (χ0v) is 18.5. The second kappa shape index (κ2) is 10.0. The number of benzene rings is 1. The van der Waals surface area contributed by atoms with Crippen LogP contribution in [0, 0.1) is 11.3 Å². The van der Waals surface area contributed by atoms with Crippen LogP contribution in [0.2, 0.25) is 0 Å². The molecule has 2 aromatic rings. The molecule has 2 aliphatic rings. The van der Waals surface area contributed by atoms with Crippen molar-refractivity contribution in [1.29, 1.82) is 5.26 Å². The summed E-state index contributed by atoms with van der Waals surface area (Å²) in [6.07, 6.45) is 8.65. The highest BCUT2D eigenvalue weighted by Gasteiger charge is 2.24. The van der Waals surface area contributed by atoms with Crippen molar-refractivity contribution in [3.63, 3.8) is 0 Å². The Labute approximate surface area is 188 Å². The standard InChI is InChI=1S/C25H30N4O3/c1-18-7-4-5-11-29(18)24(30)17-28-16-20(22-9-2-3-10-23(22)28)13-19(14-26)25(31)27-15-21-8-6-12-32-21/h2-3,9-10,13,16,18,21H,4-8,11-12,15,17H2,1H3,(H,27,31)/b19-13+/t18-,21-/m0/s1. The van der Waals surface area contributed by atoms with Crippen molar-refractivity contribution in [3.8, 4) is 6.07 Å². The fraction of sp³-hybridized carbons (Fsp3) is 0.480. The van der Waals surface area contributed by atoms with E-state index < -0.39 is 5.91 Å². The number of ether oxygens (including phenoxy) is 1. The van der Waals surface area contributed by atoms with Gasteiger partial charge in [-0.05, 0) is 51.2 Å². The molecule has 3 heterocycles. The van der Waals surface area contributed by atoms with Gasteiger partial charge in [0.25, 0.3) is 5.91 Å². The summed E-state index contributed by atoms with van der Waals surface area (Å²) >= 11 is 0. The summed E-state index contributed by atoms with van der Waals surface area (Å²) in [6.45, 7) is 4.27. The minimum atomic E-state index is -0.405. The molecule has 0 saturated carbocycles. The van der Waals surface area contributed by atoms with Crippen molar-refractivity contribution in [2.24, 2.45) is 0 Å². The van der Waals surface area contributed by atoms with E-state index >= 15 is 0 Å². The third-order valence-corrected chi connectivity index (χ3v) is 6.43. The molecule has 0 radical (unpaired) electrons. The van der Waals surface area contributed by atoms with E-state index in [2.05, 4.69) is 12.2 Å². The minimum Gasteiger partial charge on any atom is -0.376 e. The first-order valence-corrected chi connectivity index (χ1v) is 11.5. The number of amides is 2. The van der Waals surface area contributed by atoms with Crippen LogP contribution in [0.15, 0.2) is 36.0 Å². The predicted molar refractivity (Wildman–Crippen MR) is 123 cm³/mol. The minimum absolute atomic E-state index is 0.0176. The molecule has 1 aromatic carbocycles. The van der Waals surface area contributed by atoms with Crippen LogP contribution < -0.4 is 5.32 Å². The Balaban J connectivity index is 1.55.